The summed E-state index contributed by atoms with van der Waals surface area (Å²) in [6, 6.07) is 14.5. The second-order valence-corrected chi connectivity index (χ2v) is 5.13. The van der Waals surface area contributed by atoms with Crippen LogP contribution in [0.1, 0.15) is 24.1 Å². The lowest BCUT2D eigenvalue weighted by Crippen LogP contribution is -2.18. The van der Waals surface area contributed by atoms with E-state index in [1.54, 1.807) is 12.4 Å². The second-order valence-electron chi connectivity index (χ2n) is 5.13. The van der Waals surface area contributed by atoms with E-state index in [0.29, 0.717) is 6.67 Å². The van der Waals surface area contributed by atoms with Gasteiger partial charge in [0.25, 0.3) is 0 Å². The number of fused-ring (bicyclic) bond motifs is 1. The Morgan fingerprint density at radius 2 is 2.00 bits per heavy atom. The SMILES string of the molecule is CC(NCN=Cc1ccncc1)c1ccc2ncccc2c1. The summed E-state index contributed by atoms with van der Waals surface area (Å²) < 4.78 is 0. The van der Waals surface area contributed by atoms with Crippen molar-refractivity contribution in [1.82, 2.24) is 15.3 Å². The van der Waals surface area contributed by atoms with Gasteiger partial charge in [-0.15, -0.1) is 0 Å². The quantitative estimate of drug-likeness (QED) is 0.733. The zero-order valence-electron chi connectivity index (χ0n) is 12.5. The summed E-state index contributed by atoms with van der Waals surface area (Å²) in [5, 5.41) is 4.56. The van der Waals surface area contributed by atoms with Crippen molar-refractivity contribution in [3.63, 3.8) is 0 Å². The smallest absolute Gasteiger partial charge is 0.0889 e. The third kappa shape index (κ3) is 3.54. The van der Waals surface area contributed by atoms with Crippen LogP contribution in [-0.4, -0.2) is 22.9 Å². The normalized spacial score (nSPS) is 12.8. The first-order valence-corrected chi connectivity index (χ1v) is 7.31. The van der Waals surface area contributed by atoms with E-state index in [1.165, 1.54) is 5.56 Å². The Hall–Kier alpha value is -2.59. The molecular weight excluding hydrogens is 272 g/mol. The van der Waals surface area contributed by atoms with E-state index in [9.17, 15) is 0 Å². The molecule has 0 saturated carbocycles. The van der Waals surface area contributed by atoms with Gasteiger partial charge in [0.05, 0.1) is 12.2 Å². The molecule has 0 fully saturated rings. The van der Waals surface area contributed by atoms with Gasteiger partial charge in [-0.05, 0) is 48.4 Å². The summed E-state index contributed by atoms with van der Waals surface area (Å²) >= 11 is 0. The third-order valence-corrected chi connectivity index (χ3v) is 3.56. The van der Waals surface area contributed by atoms with E-state index in [1.807, 2.05) is 30.6 Å². The maximum Gasteiger partial charge on any atom is 0.0889 e. The number of nitrogens with zero attached hydrogens (tertiary/aromatic N) is 3. The van der Waals surface area contributed by atoms with Gasteiger partial charge in [-0.3, -0.25) is 20.3 Å². The Bertz CT molecular complexity index is 768. The van der Waals surface area contributed by atoms with E-state index in [4.69, 9.17) is 0 Å². The van der Waals surface area contributed by atoms with Crippen LogP contribution in [0.4, 0.5) is 0 Å². The largest absolute Gasteiger partial charge is 0.292 e. The minimum Gasteiger partial charge on any atom is -0.292 e. The van der Waals surface area contributed by atoms with Crippen molar-refractivity contribution in [3.05, 3.63) is 72.2 Å². The van der Waals surface area contributed by atoms with Crippen LogP contribution in [0.2, 0.25) is 0 Å². The van der Waals surface area contributed by atoms with Gasteiger partial charge in [0, 0.05) is 36.2 Å². The summed E-state index contributed by atoms with van der Waals surface area (Å²) in [5.41, 5.74) is 3.31. The minimum atomic E-state index is 0.235. The molecule has 1 N–H and O–H groups in total. The van der Waals surface area contributed by atoms with Crippen LogP contribution in [0.3, 0.4) is 0 Å². The molecule has 22 heavy (non-hydrogen) atoms. The molecule has 0 bridgehead atoms. The van der Waals surface area contributed by atoms with Gasteiger partial charge >= 0.3 is 0 Å². The summed E-state index contributed by atoms with van der Waals surface area (Å²) in [4.78, 5) is 12.7. The van der Waals surface area contributed by atoms with Crippen molar-refractivity contribution in [3.8, 4) is 0 Å². The second kappa shape index (κ2) is 6.91. The number of nitrogens with one attached hydrogen (secondary N) is 1. The number of hydrogen-bond donors (Lipinski definition) is 1. The molecule has 0 aliphatic carbocycles. The number of benzene rings is 1. The van der Waals surface area contributed by atoms with Crippen molar-refractivity contribution in [2.24, 2.45) is 4.99 Å². The highest BCUT2D eigenvalue weighted by Crippen LogP contribution is 2.18. The highest BCUT2D eigenvalue weighted by molar-refractivity contribution is 5.79. The zero-order valence-corrected chi connectivity index (χ0v) is 12.5. The molecule has 1 aromatic carbocycles. The molecule has 0 aliphatic rings. The molecule has 2 heterocycles. The molecule has 0 radical (unpaired) electrons. The zero-order chi connectivity index (χ0) is 15.2. The van der Waals surface area contributed by atoms with Gasteiger partial charge < -0.3 is 0 Å². The van der Waals surface area contributed by atoms with Crippen LogP contribution in [0.15, 0.2) is 66.0 Å². The monoisotopic (exact) mass is 290 g/mol. The lowest BCUT2D eigenvalue weighted by Gasteiger charge is -2.13. The van der Waals surface area contributed by atoms with Crippen LogP contribution in [-0.2, 0) is 0 Å². The fraction of sp³-hybridized carbons (Fsp3) is 0.167. The van der Waals surface area contributed by atoms with Gasteiger partial charge in [-0.2, -0.15) is 0 Å². The fourth-order valence-electron chi connectivity index (χ4n) is 2.27. The van der Waals surface area contributed by atoms with Crippen molar-refractivity contribution >= 4 is 17.1 Å². The molecule has 110 valence electrons. The first kappa shape index (κ1) is 14.4. The van der Waals surface area contributed by atoms with Crippen molar-refractivity contribution in [1.29, 1.82) is 0 Å². The summed E-state index contributed by atoms with van der Waals surface area (Å²) in [6.07, 6.45) is 7.20. The Morgan fingerprint density at radius 3 is 2.86 bits per heavy atom. The van der Waals surface area contributed by atoms with Crippen LogP contribution in [0.5, 0.6) is 0 Å². The van der Waals surface area contributed by atoms with E-state index < -0.39 is 0 Å². The standard InChI is InChI=1S/C18H18N4/c1-14(22-13-20-12-15-6-9-19-10-7-15)16-4-5-18-17(11-16)3-2-8-21-18/h2-12,14,22H,13H2,1H3. The molecule has 0 saturated heterocycles. The van der Waals surface area contributed by atoms with Gasteiger partial charge in [-0.25, -0.2) is 0 Å². The Balaban J connectivity index is 1.61. The van der Waals surface area contributed by atoms with Crippen molar-refractivity contribution in [2.45, 2.75) is 13.0 Å². The first-order valence-electron chi connectivity index (χ1n) is 7.31. The lowest BCUT2D eigenvalue weighted by molar-refractivity contribution is 0.590. The van der Waals surface area contributed by atoms with Crippen molar-refractivity contribution < 1.29 is 0 Å². The lowest BCUT2D eigenvalue weighted by atomic mass is 10.1. The number of aliphatic imine (C=N–C) groups is 1. The molecule has 0 spiro atoms. The van der Waals surface area contributed by atoms with Crippen LogP contribution in [0.25, 0.3) is 10.9 Å². The number of pyridine rings is 2. The van der Waals surface area contributed by atoms with Crippen LogP contribution >= 0.6 is 0 Å². The highest BCUT2D eigenvalue weighted by Gasteiger charge is 2.04. The Labute approximate surface area is 130 Å². The molecule has 3 rings (SSSR count). The molecule has 4 nitrogen and oxygen atoms in total. The summed E-state index contributed by atoms with van der Waals surface area (Å²) in [6.45, 7) is 2.72. The predicted octanol–water partition coefficient (Wildman–Crippen LogP) is 3.36. The average Bonchev–Trinajstić information content (AvgIpc) is 2.59. The van der Waals surface area contributed by atoms with E-state index >= 15 is 0 Å². The Morgan fingerprint density at radius 1 is 1.14 bits per heavy atom. The van der Waals surface area contributed by atoms with E-state index in [2.05, 4.69) is 51.5 Å². The maximum atomic E-state index is 4.39. The minimum absolute atomic E-state index is 0.235. The van der Waals surface area contributed by atoms with Gasteiger partial charge in [-0.1, -0.05) is 12.1 Å². The molecule has 3 aromatic rings. The van der Waals surface area contributed by atoms with E-state index in [0.717, 1.165) is 16.5 Å². The summed E-state index contributed by atoms with van der Waals surface area (Å²) in [7, 11) is 0. The predicted molar refractivity (Wildman–Crippen MR) is 90.0 cm³/mol. The number of rotatable bonds is 5. The molecule has 1 unspecified atom stereocenters. The van der Waals surface area contributed by atoms with Crippen molar-refractivity contribution in [2.75, 3.05) is 6.67 Å². The molecule has 4 heteroatoms. The molecule has 1 atom stereocenters. The van der Waals surface area contributed by atoms with Gasteiger partial charge in [0.2, 0.25) is 0 Å². The van der Waals surface area contributed by atoms with Gasteiger partial charge in [0.15, 0.2) is 0 Å². The molecule has 0 aliphatic heterocycles. The molecular formula is C18H18N4. The molecule has 0 amide bonds. The number of aromatic nitrogens is 2. The number of hydrogen-bond acceptors (Lipinski definition) is 4. The first-order chi connectivity index (χ1) is 10.8. The van der Waals surface area contributed by atoms with Gasteiger partial charge in [0.1, 0.15) is 0 Å². The fourth-order valence-corrected chi connectivity index (χ4v) is 2.27. The third-order valence-electron chi connectivity index (χ3n) is 3.56. The topological polar surface area (TPSA) is 50.2 Å². The highest BCUT2D eigenvalue weighted by atomic mass is 15.0. The maximum absolute atomic E-state index is 4.39. The molecule has 2 aromatic heterocycles. The van der Waals surface area contributed by atoms with Crippen LogP contribution in [0, 0.1) is 0 Å². The van der Waals surface area contributed by atoms with Crippen LogP contribution < -0.4 is 5.32 Å². The van der Waals surface area contributed by atoms with E-state index in [-0.39, 0.29) is 6.04 Å². The Kier molecular flexibility index (Phi) is 4.51. The average molecular weight is 290 g/mol. The summed E-state index contributed by atoms with van der Waals surface area (Å²) in [5.74, 6) is 0.